The number of amides is 1. The highest BCUT2D eigenvalue weighted by Gasteiger charge is 2.14. The highest BCUT2D eigenvalue weighted by atomic mass is 32.2. The molecule has 1 saturated carbocycles. The highest BCUT2D eigenvalue weighted by molar-refractivity contribution is 8.14. The molecule has 0 heterocycles. The molecule has 102 valence electrons. The number of guanidine groups is 1. The highest BCUT2D eigenvalue weighted by Crippen LogP contribution is 2.17. The van der Waals surface area contributed by atoms with Crippen LogP contribution < -0.4 is 16.8 Å². The van der Waals surface area contributed by atoms with E-state index in [0.717, 1.165) is 24.6 Å². The predicted molar refractivity (Wildman–Crippen MR) is 75.6 cm³/mol. The zero-order valence-corrected chi connectivity index (χ0v) is 11.3. The molecule has 7 heteroatoms. The van der Waals surface area contributed by atoms with Gasteiger partial charge in [-0.3, -0.25) is 10.2 Å². The Hall–Kier alpha value is -1.24. The number of hydrogen-bond donors (Lipinski definition) is 4. The SMILES string of the molecule is N=C(N=C(N)N)SCC(=O)NC1CCCCCC1. The zero-order chi connectivity index (χ0) is 13.4. The average Bonchev–Trinajstić information content (AvgIpc) is 2.54. The van der Waals surface area contributed by atoms with Crippen LogP contribution in [-0.4, -0.2) is 28.8 Å². The van der Waals surface area contributed by atoms with Crippen molar-refractivity contribution >= 4 is 28.8 Å². The predicted octanol–water partition coefficient (Wildman–Crippen LogP) is 0.767. The minimum atomic E-state index is -0.156. The summed E-state index contributed by atoms with van der Waals surface area (Å²) in [6, 6.07) is 0.290. The fourth-order valence-electron chi connectivity index (χ4n) is 1.98. The van der Waals surface area contributed by atoms with Crippen molar-refractivity contribution in [3.8, 4) is 0 Å². The third-order valence-electron chi connectivity index (χ3n) is 2.79. The first kappa shape index (κ1) is 14.8. The molecule has 1 aliphatic rings. The maximum atomic E-state index is 11.7. The minimum absolute atomic E-state index is 0.0361. The Bertz CT molecular complexity index is 319. The Balaban J connectivity index is 2.24. The molecule has 0 aromatic heterocycles. The number of thioether (sulfide) groups is 1. The Morgan fingerprint density at radius 1 is 1.28 bits per heavy atom. The second-order valence-corrected chi connectivity index (χ2v) is 5.35. The summed E-state index contributed by atoms with van der Waals surface area (Å²) < 4.78 is 0. The van der Waals surface area contributed by atoms with Crippen molar-refractivity contribution in [3.63, 3.8) is 0 Å². The van der Waals surface area contributed by atoms with E-state index in [4.69, 9.17) is 16.9 Å². The van der Waals surface area contributed by atoms with Crippen molar-refractivity contribution in [2.45, 2.75) is 44.6 Å². The van der Waals surface area contributed by atoms with Gasteiger partial charge in [-0.25, -0.2) is 0 Å². The van der Waals surface area contributed by atoms with Gasteiger partial charge in [0.2, 0.25) is 5.91 Å². The lowest BCUT2D eigenvalue weighted by Crippen LogP contribution is -2.35. The molecule has 0 radical (unpaired) electrons. The van der Waals surface area contributed by atoms with Crippen LogP contribution in [0.25, 0.3) is 0 Å². The summed E-state index contributed by atoms with van der Waals surface area (Å²) in [6.45, 7) is 0. The van der Waals surface area contributed by atoms with E-state index in [9.17, 15) is 4.79 Å². The summed E-state index contributed by atoms with van der Waals surface area (Å²) in [4.78, 5) is 15.2. The molecule has 0 spiro atoms. The van der Waals surface area contributed by atoms with E-state index >= 15 is 0 Å². The van der Waals surface area contributed by atoms with Crippen LogP contribution in [0.5, 0.6) is 0 Å². The molecule has 1 aliphatic carbocycles. The van der Waals surface area contributed by atoms with Gasteiger partial charge in [0, 0.05) is 6.04 Å². The molecule has 6 N–H and O–H groups in total. The molecule has 0 atom stereocenters. The minimum Gasteiger partial charge on any atom is -0.370 e. The quantitative estimate of drug-likeness (QED) is 0.344. The van der Waals surface area contributed by atoms with Crippen LogP contribution in [0.4, 0.5) is 0 Å². The average molecular weight is 271 g/mol. The third-order valence-corrected chi connectivity index (χ3v) is 3.56. The number of nitrogens with two attached hydrogens (primary N) is 2. The summed E-state index contributed by atoms with van der Waals surface area (Å²) in [5.74, 6) is -0.0225. The smallest absolute Gasteiger partial charge is 0.230 e. The summed E-state index contributed by atoms with van der Waals surface area (Å²) in [6.07, 6.45) is 7.00. The first-order valence-corrected chi connectivity index (χ1v) is 7.17. The second-order valence-electron chi connectivity index (χ2n) is 4.39. The van der Waals surface area contributed by atoms with Gasteiger partial charge in [0.15, 0.2) is 11.1 Å². The summed E-state index contributed by atoms with van der Waals surface area (Å²) >= 11 is 1.03. The lowest BCUT2D eigenvalue weighted by atomic mass is 10.1. The van der Waals surface area contributed by atoms with Crippen molar-refractivity contribution in [1.82, 2.24) is 5.32 Å². The first-order chi connectivity index (χ1) is 8.58. The summed E-state index contributed by atoms with van der Waals surface area (Å²) in [7, 11) is 0. The van der Waals surface area contributed by atoms with Crippen LogP contribution in [0.2, 0.25) is 0 Å². The molecule has 0 aliphatic heterocycles. The molecule has 0 saturated heterocycles. The van der Waals surface area contributed by atoms with E-state index < -0.39 is 0 Å². The van der Waals surface area contributed by atoms with Gasteiger partial charge >= 0.3 is 0 Å². The summed E-state index contributed by atoms with van der Waals surface area (Å²) in [5.41, 5.74) is 10.3. The Kier molecular flexibility index (Phi) is 6.56. The molecule has 0 bridgehead atoms. The van der Waals surface area contributed by atoms with Crippen LogP contribution in [0.1, 0.15) is 38.5 Å². The normalized spacial score (nSPS) is 16.7. The van der Waals surface area contributed by atoms with E-state index in [-0.39, 0.29) is 28.8 Å². The largest absolute Gasteiger partial charge is 0.370 e. The van der Waals surface area contributed by atoms with Crippen LogP contribution >= 0.6 is 11.8 Å². The summed E-state index contributed by atoms with van der Waals surface area (Å²) in [5, 5.41) is 10.4. The second kappa shape index (κ2) is 7.97. The standard InChI is InChI=1S/C11H21N5OS/c12-10(13)16-11(14)18-7-9(17)15-8-5-3-1-2-4-6-8/h8H,1-7H2,(H,15,17)(H5,12,13,14,16). The number of nitrogens with one attached hydrogen (secondary N) is 2. The van der Waals surface area contributed by atoms with Crippen molar-refractivity contribution in [2.24, 2.45) is 16.5 Å². The van der Waals surface area contributed by atoms with Crippen molar-refractivity contribution in [3.05, 3.63) is 0 Å². The fourth-order valence-corrected chi connectivity index (χ4v) is 2.50. The number of amidine groups is 1. The van der Waals surface area contributed by atoms with Crippen molar-refractivity contribution in [1.29, 1.82) is 5.41 Å². The molecule has 0 aromatic carbocycles. The lowest BCUT2D eigenvalue weighted by Gasteiger charge is -2.15. The number of carbonyl (C=O) groups excluding carboxylic acids is 1. The number of nitrogens with zero attached hydrogens (tertiary/aromatic N) is 1. The van der Waals surface area contributed by atoms with Gasteiger partial charge in [-0.15, -0.1) is 0 Å². The monoisotopic (exact) mass is 271 g/mol. The first-order valence-electron chi connectivity index (χ1n) is 6.18. The number of hydrogen-bond acceptors (Lipinski definition) is 3. The number of rotatable bonds is 3. The Morgan fingerprint density at radius 3 is 2.44 bits per heavy atom. The van der Waals surface area contributed by atoms with E-state index in [0.29, 0.717) is 0 Å². The van der Waals surface area contributed by atoms with Gasteiger partial charge in [-0.2, -0.15) is 4.99 Å². The van der Waals surface area contributed by atoms with Gasteiger partial charge in [-0.05, 0) is 12.8 Å². The van der Waals surface area contributed by atoms with Gasteiger partial charge in [0.05, 0.1) is 5.75 Å². The van der Waals surface area contributed by atoms with E-state index in [1.165, 1.54) is 25.7 Å². The van der Waals surface area contributed by atoms with E-state index in [1.807, 2.05) is 0 Å². The molecule has 1 rings (SSSR count). The lowest BCUT2D eigenvalue weighted by molar-refractivity contribution is -0.119. The van der Waals surface area contributed by atoms with Gasteiger partial charge in [0.25, 0.3) is 0 Å². The van der Waals surface area contributed by atoms with Crippen LogP contribution in [0.15, 0.2) is 4.99 Å². The van der Waals surface area contributed by atoms with E-state index in [2.05, 4.69) is 10.3 Å². The van der Waals surface area contributed by atoms with Crippen molar-refractivity contribution < 1.29 is 4.79 Å². The topological polar surface area (TPSA) is 117 Å². The molecule has 6 nitrogen and oxygen atoms in total. The van der Waals surface area contributed by atoms with Crippen molar-refractivity contribution in [2.75, 3.05) is 5.75 Å². The molecular weight excluding hydrogens is 250 g/mol. The molecule has 0 aromatic rings. The molecule has 18 heavy (non-hydrogen) atoms. The molecule has 0 unspecified atom stereocenters. The molecule has 1 amide bonds. The maximum absolute atomic E-state index is 11.7. The van der Waals surface area contributed by atoms with Gasteiger partial charge in [0.1, 0.15) is 0 Å². The van der Waals surface area contributed by atoms with Crippen LogP contribution in [0, 0.1) is 5.41 Å². The third kappa shape index (κ3) is 6.48. The zero-order valence-electron chi connectivity index (χ0n) is 10.4. The van der Waals surface area contributed by atoms with Crippen LogP contribution in [-0.2, 0) is 4.79 Å². The Morgan fingerprint density at radius 2 is 1.89 bits per heavy atom. The number of aliphatic imine (C=N–C) groups is 1. The Labute approximate surface area is 111 Å². The molecule has 1 fully saturated rings. The molecular formula is C11H21N5OS. The van der Waals surface area contributed by atoms with E-state index in [1.54, 1.807) is 0 Å². The fraction of sp³-hybridized carbons (Fsp3) is 0.727. The van der Waals surface area contributed by atoms with Gasteiger partial charge in [-0.1, -0.05) is 37.4 Å². The maximum Gasteiger partial charge on any atom is 0.230 e. The van der Waals surface area contributed by atoms with Crippen LogP contribution in [0.3, 0.4) is 0 Å². The van der Waals surface area contributed by atoms with Gasteiger partial charge < -0.3 is 16.8 Å². The number of carbonyl (C=O) groups is 1.